The lowest BCUT2D eigenvalue weighted by Crippen LogP contribution is -2.42. The Morgan fingerprint density at radius 1 is 1.00 bits per heavy atom. The normalized spacial score (nSPS) is 48.5. The van der Waals surface area contributed by atoms with Gasteiger partial charge in [0.25, 0.3) is 0 Å². The second-order valence-electron chi connectivity index (χ2n) is 12.2. The molecule has 154 valence electrons. The number of allylic oxidation sites excluding steroid dienone is 6. The van der Waals surface area contributed by atoms with Crippen LogP contribution < -0.4 is 0 Å². The Kier molecular flexibility index (Phi) is 4.19. The second-order valence-corrected chi connectivity index (χ2v) is 12.2. The molecule has 0 nitrogen and oxygen atoms in total. The van der Waals surface area contributed by atoms with Crippen molar-refractivity contribution in [2.45, 2.75) is 86.5 Å². The van der Waals surface area contributed by atoms with E-state index >= 15 is 0 Å². The zero-order valence-electron chi connectivity index (χ0n) is 19.2. The molecule has 28 heavy (non-hydrogen) atoms. The minimum Gasteiger partial charge on any atom is -0.0852 e. The Balaban J connectivity index is 1.45. The fraction of sp³-hybridized carbons (Fsp3) is 0.786. The SMILES string of the molecule is CC(C)C(C)/C=C\C(C)C1CCC2=C3C=CC45C[C@H]4CCC5(C)C3CCC21C. The van der Waals surface area contributed by atoms with E-state index in [4.69, 9.17) is 0 Å². The standard InChI is InChI=1S/C28H42/c1-18(2)19(3)7-8-20(4)23-9-10-24-22-12-16-28-17-21(28)11-15-27(28,6)25(22)13-14-26(23,24)5/h7-8,12,16,18-21,23,25H,9-11,13-15,17H2,1-6H3/b8-7-/t19?,20?,21-,23?,25?,26?,27?,28?/m1/s1. The Bertz CT molecular complexity index is 750. The van der Waals surface area contributed by atoms with Crippen LogP contribution in [-0.4, -0.2) is 0 Å². The van der Waals surface area contributed by atoms with E-state index in [9.17, 15) is 0 Å². The summed E-state index contributed by atoms with van der Waals surface area (Å²) in [5, 5.41) is 0. The van der Waals surface area contributed by atoms with E-state index in [1.54, 1.807) is 0 Å². The lowest BCUT2D eigenvalue weighted by Gasteiger charge is -2.51. The van der Waals surface area contributed by atoms with E-state index in [1.807, 2.05) is 11.1 Å². The molecule has 0 aromatic carbocycles. The first-order chi connectivity index (χ1) is 13.2. The Morgan fingerprint density at radius 3 is 2.50 bits per heavy atom. The fourth-order valence-corrected chi connectivity index (χ4v) is 8.42. The van der Waals surface area contributed by atoms with Gasteiger partial charge in [-0.15, -0.1) is 0 Å². The van der Waals surface area contributed by atoms with Crippen LogP contribution in [0.5, 0.6) is 0 Å². The summed E-state index contributed by atoms with van der Waals surface area (Å²) < 4.78 is 0. The van der Waals surface area contributed by atoms with Gasteiger partial charge in [-0.3, -0.25) is 0 Å². The zero-order valence-corrected chi connectivity index (χ0v) is 19.2. The lowest BCUT2D eigenvalue weighted by atomic mass is 9.53. The smallest absolute Gasteiger partial charge is 0.00239 e. The molecule has 0 N–H and O–H groups in total. The molecule has 0 amide bonds. The van der Waals surface area contributed by atoms with Crippen molar-refractivity contribution in [1.82, 2.24) is 0 Å². The van der Waals surface area contributed by atoms with Gasteiger partial charge in [-0.05, 0) is 102 Å². The van der Waals surface area contributed by atoms with Gasteiger partial charge >= 0.3 is 0 Å². The van der Waals surface area contributed by atoms with Gasteiger partial charge in [-0.25, -0.2) is 0 Å². The Hall–Kier alpha value is -0.780. The maximum Gasteiger partial charge on any atom is -0.00239 e. The van der Waals surface area contributed by atoms with Crippen molar-refractivity contribution in [2.75, 3.05) is 0 Å². The summed E-state index contributed by atoms with van der Waals surface area (Å²) in [6.07, 6.45) is 20.5. The molecule has 8 atom stereocenters. The summed E-state index contributed by atoms with van der Waals surface area (Å²) in [6.45, 7) is 14.9. The fourth-order valence-electron chi connectivity index (χ4n) is 8.42. The van der Waals surface area contributed by atoms with E-state index in [-0.39, 0.29) is 0 Å². The summed E-state index contributed by atoms with van der Waals surface area (Å²) in [6, 6.07) is 0. The molecular weight excluding hydrogens is 336 g/mol. The van der Waals surface area contributed by atoms with Gasteiger partial charge in [0.2, 0.25) is 0 Å². The number of fused-ring (bicyclic) bond motifs is 3. The highest BCUT2D eigenvalue weighted by Crippen LogP contribution is 2.79. The molecule has 0 heterocycles. The summed E-state index contributed by atoms with van der Waals surface area (Å²) in [7, 11) is 0. The van der Waals surface area contributed by atoms with Crippen LogP contribution in [0.2, 0.25) is 0 Å². The molecule has 3 saturated carbocycles. The minimum absolute atomic E-state index is 0.448. The van der Waals surface area contributed by atoms with E-state index in [1.165, 1.54) is 44.9 Å². The van der Waals surface area contributed by atoms with Gasteiger partial charge in [0, 0.05) is 0 Å². The van der Waals surface area contributed by atoms with Crippen molar-refractivity contribution in [1.29, 1.82) is 0 Å². The zero-order chi connectivity index (χ0) is 19.9. The van der Waals surface area contributed by atoms with Crippen LogP contribution in [0.4, 0.5) is 0 Å². The molecule has 0 aliphatic heterocycles. The van der Waals surface area contributed by atoms with E-state index in [0.29, 0.717) is 28.1 Å². The maximum atomic E-state index is 2.70. The van der Waals surface area contributed by atoms with Crippen molar-refractivity contribution >= 4 is 0 Å². The van der Waals surface area contributed by atoms with E-state index in [2.05, 4.69) is 65.8 Å². The van der Waals surface area contributed by atoms with Crippen LogP contribution in [0.15, 0.2) is 35.5 Å². The van der Waals surface area contributed by atoms with Crippen LogP contribution in [0.25, 0.3) is 0 Å². The van der Waals surface area contributed by atoms with Crippen LogP contribution in [-0.2, 0) is 0 Å². The van der Waals surface area contributed by atoms with Gasteiger partial charge in [0.15, 0.2) is 0 Å². The first kappa shape index (κ1) is 19.2. The van der Waals surface area contributed by atoms with Gasteiger partial charge < -0.3 is 0 Å². The molecule has 0 heteroatoms. The van der Waals surface area contributed by atoms with Gasteiger partial charge in [0.1, 0.15) is 0 Å². The first-order valence-electron chi connectivity index (χ1n) is 12.3. The quantitative estimate of drug-likeness (QED) is 0.435. The van der Waals surface area contributed by atoms with Crippen LogP contribution in [0, 0.1) is 51.8 Å². The van der Waals surface area contributed by atoms with Crippen molar-refractivity contribution in [3.63, 3.8) is 0 Å². The number of rotatable bonds is 4. The minimum atomic E-state index is 0.448. The average Bonchev–Trinajstić information content (AvgIpc) is 3.14. The summed E-state index contributed by atoms with van der Waals surface area (Å²) in [5.41, 5.74) is 5.32. The molecule has 0 aromatic rings. The van der Waals surface area contributed by atoms with Crippen LogP contribution in [0.1, 0.15) is 86.5 Å². The molecule has 0 bridgehead atoms. The summed E-state index contributed by atoms with van der Waals surface area (Å²) in [4.78, 5) is 0. The third-order valence-electron chi connectivity index (χ3n) is 10.9. The lowest BCUT2D eigenvalue weighted by molar-refractivity contribution is 0.0893. The second kappa shape index (κ2) is 6.12. The third kappa shape index (κ3) is 2.36. The van der Waals surface area contributed by atoms with E-state index < -0.39 is 0 Å². The molecule has 5 aliphatic carbocycles. The molecule has 1 spiro atoms. The molecule has 0 aromatic heterocycles. The monoisotopic (exact) mass is 378 g/mol. The highest BCUT2D eigenvalue weighted by atomic mass is 14.7. The van der Waals surface area contributed by atoms with Gasteiger partial charge in [0.05, 0.1) is 0 Å². The van der Waals surface area contributed by atoms with Crippen molar-refractivity contribution in [3.8, 4) is 0 Å². The average molecular weight is 379 g/mol. The third-order valence-corrected chi connectivity index (χ3v) is 10.9. The molecular formula is C28H42. The topological polar surface area (TPSA) is 0 Å². The maximum absolute atomic E-state index is 2.70. The molecule has 3 fully saturated rings. The number of hydrogen-bond acceptors (Lipinski definition) is 0. The highest BCUT2D eigenvalue weighted by molar-refractivity contribution is 5.46. The number of hydrogen-bond donors (Lipinski definition) is 0. The van der Waals surface area contributed by atoms with Gasteiger partial charge in [-0.1, -0.05) is 71.4 Å². The molecule has 5 rings (SSSR count). The predicted molar refractivity (Wildman–Crippen MR) is 120 cm³/mol. The summed E-state index contributed by atoms with van der Waals surface area (Å²) >= 11 is 0. The van der Waals surface area contributed by atoms with E-state index in [0.717, 1.165) is 23.7 Å². The van der Waals surface area contributed by atoms with Crippen LogP contribution >= 0.6 is 0 Å². The van der Waals surface area contributed by atoms with Crippen molar-refractivity contribution < 1.29 is 0 Å². The molecule has 5 aliphatic rings. The molecule has 0 radical (unpaired) electrons. The Morgan fingerprint density at radius 2 is 1.79 bits per heavy atom. The highest BCUT2D eigenvalue weighted by Gasteiger charge is 2.71. The molecule has 0 saturated heterocycles. The summed E-state index contributed by atoms with van der Waals surface area (Å²) in [5.74, 6) is 4.86. The van der Waals surface area contributed by atoms with Crippen LogP contribution in [0.3, 0.4) is 0 Å². The Labute approximate surface area is 173 Å². The molecule has 7 unspecified atom stereocenters. The van der Waals surface area contributed by atoms with Crippen molar-refractivity contribution in [2.24, 2.45) is 51.8 Å². The first-order valence-corrected chi connectivity index (χ1v) is 12.3. The van der Waals surface area contributed by atoms with Crippen molar-refractivity contribution in [3.05, 3.63) is 35.5 Å². The van der Waals surface area contributed by atoms with Gasteiger partial charge in [-0.2, -0.15) is 0 Å². The largest absolute Gasteiger partial charge is 0.0852 e. The predicted octanol–water partition coefficient (Wildman–Crippen LogP) is 7.97.